The maximum absolute atomic E-state index is 13.3. The van der Waals surface area contributed by atoms with Crippen molar-refractivity contribution < 1.29 is 4.39 Å². The van der Waals surface area contributed by atoms with Crippen LogP contribution < -0.4 is 5.73 Å². The van der Waals surface area contributed by atoms with Crippen molar-refractivity contribution in [3.05, 3.63) is 34.1 Å². The summed E-state index contributed by atoms with van der Waals surface area (Å²) in [5, 5.41) is 0. The van der Waals surface area contributed by atoms with E-state index in [4.69, 9.17) is 5.73 Å². The average Bonchev–Trinajstić information content (AvgIpc) is 2.78. The zero-order valence-corrected chi connectivity index (χ0v) is 10.7. The molecule has 0 aromatic heterocycles. The maximum Gasteiger partial charge on any atom is 0.123 e. The lowest BCUT2D eigenvalue weighted by Crippen LogP contribution is -2.31. The SMILES string of the molecule is NCC(c1cc(F)ccc1Br)N1CCCC1. The van der Waals surface area contributed by atoms with Gasteiger partial charge in [0.2, 0.25) is 0 Å². The van der Waals surface area contributed by atoms with E-state index in [1.807, 2.05) is 0 Å². The molecule has 0 spiro atoms. The molecule has 0 bridgehead atoms. The van der Waals surface area contributed by atoms with Gasteiger partial charge in [-0.3, -0.25) is 4.90 Å². The number of halogens is 2. The van der Waals surface area contributed by atoms with E-state index in [0.29, 0.717) is 6.54 Å². The zero-order chi connectivity index (χ0) is 11.5. The van der Waals surface area contributed by atoms with E-state index < -0.39 is 0 Å². The van der Waals surface area contributed by atoms with Crippen LogP contribution in [0.3, 0.4) is 0 Å². The lowest BCUT2D eigenvalue weighted by atomic mass is 10.1. The van der Waals surface area contributed by atoms with E-state index in [0.717, 1.165) is 23.1 Å². The molecular weight excluding hydrogens is 271 g/mol. The van der Waals surface area contributed by atoms with E-state index in [9.17, 15) is 4.39 Å². The van der Waals surface area contributed by atoms with Crippen molar-refractivity contribution in [2.24, 2.45) is 5.73 Å². The highest BCUT2D eigenvalue weighted by Crippen LogP contribution is 2.30. The Morgan fingerprint density at radius 1 is 1.38 bits per heavy atom. The molecule has 1 unspecified atom stereocenters. The lowest BCUT2D eigenvalue weighted by molar-refractivity contribution is 0.250. The standard InChI is InChI=1S/C12H16BrFN2/c13-11-4-3-9(14)7-10(11)12(8-15)16-5-1-2-6-16/h3-4,7,12H,1-2,5-6,8,15H2. The second-order valence-electron chi connectivity index (χ2n) is 4.16. The average molecular weight is 287 g/mol. The molecule has 0 amide bonds. The van der Waals surface area contributed by atoms with Gasteiger partial charge >= 0.3 is 0 Å². The molecule has 2 N–H and O–H groups in total. The molecule has 1 aromatic rings. The van der Waals surface area contributed by atoms with Crippen LogP contribution in [-0.2, 0) is 0 Å². The van der Waals surface area contributed by atoms with Crippen LogP contribution in [0.15, 0.2) is 22.7 Å². The van der Waals surface area contributed by atoms with Gasteiger partial charge in [-0.1, -0.05) is 15.9 Å². The normalized spacial score (nSPS) is 18.9. The minimum atomic E-state index is -0.198. The summed E-state index contributed by atoms with van der Waals surface area (Å²) >= 11 is 3.47. The molecule has 0 radical (unpaired) electrons. The molecule has 88 valence electrons. The molecule has 1 atom stereocenters. The Balaban J connectivity index is 2.28. The van der Waals surface area contributed by atoms with Gasteiger partial charge in [0.05, 0.1) is 0 Å². The quantitative estimate of drug-likeness (QED) is 0.926. The van der Waals surface area contributed by atoms with Crippen molar-refractivity contribution in [2.45, 2.75) is 18.9 Å². The van der Waals surface area contributed by atoms with Gasteiger partial charge in [-0.25, -0.2) is 4.39 Å². The number of nitrogens with zero attached hydrogens (tertiary/aromatic N) is 1. The molecule has 16 heavy (non-hydrogen) atoms. The summed E-state index contributed by atoms with van der Waals surface area (Å²) in [5.74, 6) is -0.198. The Labute approximate surface area is 104 Å². The minimum Gasteiger partial charge on any atom is -0.329 e. The Morgan fingerprint density at radius 3 is 2.69 bits per heavy atom. The molecule has 1 fully saturated rings. The summed E-state index contributed by atoms with van der Waals surface area (Å²) in [6.07, 6.45) is 2.42. The highest BCUT2D eigenvalue weighted by Gasteiger charge is 2.23. The largest absolute Gasteiger partial charge is 0.329 e. The van der Waals surface area contributed by atoms with Crippen LogP contribution in [0, 0.1) is 5.82 Å². The van der Waals surface area contributed by atoms with E-state index in [-0.39, 0.29) is 11.9 Å². The van der Waals surface area contributed by atoms with Crippen molar-refractivity contribution in [2.75, 3.05) is 19.6 Å². The summed E-state index contributed by atoms with van der Waals surface area (Å²) in [6, 6.07) is 4.93. The third-order valence-corrected chi connectivity index (χ3v) is 3.84. The minimum absolute atomic E-state index is 0.132. The van der Waals surface area contributed by atoms with Crippen LogP contribution in [-0.4, -0.2) is 24.5 Å². The summed E-state index contributed by atoms with van der Waals surface area (Å²) in [4.78, 5) is 2.33. The number of nitrogens with two attached hydrogens (primary N) is 1. The van der Waals surface area contributed by atoms with Crippen molar-refractivity contribution in [1.29, 1.82) is 0 Å². The number of hydrogen-bond acceptors (Lipinski definition) is 2. The number of likely N-dealkylation sites (tertiary alicyclic amines) is 1. The second-order valence-corrected chi connectivity index (χ2v) is 5.01. The van der Waals surface area contributed by atoms with Crippen LogP contribution in [0.5, 0.6) is 0 Å². The van der Waals surface area contributed by atoms with Crippen LogP contribution in [0.4, 0.5) is 4.39 Å². The van der Waals surface area contributed by atoms with Crippen molar-refractivity contribution in [3.63, 3.8) is 0 Å². The van der Waals surface area contributed by atoms with Gasteiger partial charge in [0.15, 0.2) is 0 Å². The van der Waals surface area contributed by atoms with Gasteiger partial charge in [-0.2, -0.15) is 0 Å². The monoisotopic (exact) mass is 286 g/mol. The number of benzene rings is 1. The van der Waals surface area contributed by atoms with Gasteiger partial charge in [0.25, 0.3) is 0 Å². The molecule has 2 nitrogen and oxygen atoms in total. The maximum atomic E-state index is 13.3. The topological polar surface area (TPSA) is 29.3 Å². The predicted molar refractivity (Wildman–Crippen MR) is 66.7 cm³/mol. The molecule has 4 heteroatoms. The third-order valence-electron chi connectivity index (χ3n) is 3.12. The van der Waals surface area contributed by atoms with Crippen molar-refractivity contribution in [1.82, 2.24) is 4.90 Å². The molecule has 1 heterocycles. The summed E-state index contributed by atoms with van der Waals surface area (Å²) in [7, 11) is 0. The van der Waals surface area contributed by atoms with Crippen LogP contribution in [0.1, 0.15) is 24.4 Å². The van der Waals surface area contributed by atoms with E-state index >= 15 is 0 Å². The van der Waals surface area contributed by atoms with E-state index in [1.54, 1.807) is 12.1 Å². The second kappa shape index (κ2) is 5.25. The van der Waals surface area contributed by atoms with Gasteiger partial charge in [0, 0.05) is 17.1 Å². The number of rotatable bonds is 3. The van der Waals surface area contributed by atoms with Gasteiger partial charge < -0.3 is 5.73 Å². The zero-order valence-electron chi connectivity index (χ0n) is 9.13. The molecule has 1 saturated heterocycles. The fourth-order valence-electron chi connectivity index (χ4n) is 2.30. The van der Waals surface area contributed by atoms with E-state index in [2.05, 4.69) is 20.8 Å². The van der Waals surface area contributed by atoms with Crippen LogP contribution in [0.2, 0.25) is 0 Å². The first kappa shape index (κ1) is 12.0. The number of hydrogen-bond donors (Lipinski definition) is 1. The molecule has 1 aliphatic heterocycles. The Kier molecular flexibility index (Phi) is 3.95. The van der Waals surface area contributed by atoms with Gasteiger partial charge in [-0.05, 0) is 49.7 Å². The molecule has 1 aromatic carbocycles. The third kappa shape index (κ3) is 2.44. The Bertz CT molecular complexity index is 364. The molecule has 0 saturated carbocycles. The first-order valence-corrected chi connectivity index (χ1v) is 6.40. The van der Waals surface area contributed by atoms with E-state index in [1.165, 1.54) is 18.9 Å². The summed E-state index contributed by atoms with van der Waals surface area (Å²) in [6.45, 7) is 2.65. The fourth-order valence-corrected chi connectivity index (χ4v) is 2.81. The van der Waals surface area contributed by atoms with Crippen LogP contribution >= 0.6 is 15.9 Å². The fraction of sp³-hybridized carbons (Fsp3) is 0.500. The van der Waals surface area contributed by atoms with Crippen molar-refractivity contribution in [3.8, 4) is 0 Å². The lowest BCUT2D eigenvalue weighted by Gasteiger charge is -2.27. The molecule has 1 aliphatic rings. The van der Waals surface area contributed by atoms with Crippen LogP contribution in [0.25, 0.3) is 0 Å². The summed E-state index contributed by atoms with van der Waals surface area (Å²) in [5.41, 5.74) is 6.78. The smallest absolute Gasteiger partial charge is 0.123 e. The first-order valence-electron chi connectivity index (χ1n) is 5.61. The first-order chi connectivity index (χ1) is 7.72. The van der Waals surface area contributed by atoms with Crippen molar-refractivity contribution >= 4 is 15.9 Å². The molecule has 0 aliphatic carbocycles. The van der Waals surface area contributed by atoms with Gasteiger partial charge in [0.1, 0.15) is 5.82 Å². The highest BCUT2D eigenvalue weighted by atomic mass is 79.9. The predicted octanol–water partition coefficient (Wildman–Crippen LogP) is 2.68. The Hall–Kier alpha value is -0.450. The molecular formula is C12H16BrFN2. The Morgan fingerprint density at radius 2 is 2.06 bits per heavy atom. The van der Waals surface area contributed by atoms with Gasteiger partial charge in [-0.15, -0.1) is 0 Å². The highest BCUT2D eigenvalue weighted by molar-refractivity contribution is 9.10. The molecule has 2 rings (SSSR count). The summed E-state index contributed by atoms with van der Waals surface area (Å²) < 4.78 is 14.2.